The molecule has 1 N–H and O–H groups in total. The number of rotatable bonds is 7. The van der Waals surface area contributed by atoms with E-state index in [-0.39, 0.29) is 0 Å². The summed E-state index contributed by atoms with van der Waals surface area (Å²) in [6.45, 7) is 2.22. The van der Waals surface area contributed by atoms with Crippen LogP contribution in [0, 0.1) is 0 Å². The maximum Gasteiger partial charge on any atom is 0.137 e. The van der Waals surface area contributed by atoms with Crippen molar-refractivity contribution in [2.45, 2.75) is 45.4 Å². The average Bonchev–Trinajstić information content (AvgIpc) is 2.50. The molecule has 0 saturated heterocycles. The molecular formula is C18H23NO. The predicted molar refractivity (Wildman–Crippen MR) is 85.7 cm³/mol. The van der Waals surface area contributed by atoms with E-state index in [0.29, 0.717) is 11.5 Å². The number of unbranched alkanes of at least 4 members (excludes halogenated alkanes) is 5. The van der Waals surface area contributed by atoms with Gasteiger partial charge in [-0.1, -0.05) is 56.9 Å². The molecule has 1 aromatic heterocycles. The fourth-order valence-electron chi connectivity index (χ4n) is 2.30. The van der Waals surface area contributed by atoms with E-state index >= 15 is 0 Å². The summed E-state index contributed by atoms with van der Waals surface area (Å²) in [6.07, 6.45) is 9.05. The van der Waals surface area contributed by atoms with Gasteiger partial charge in [-0.25, -0.2) is 4.98 Å². The zero-order valence-corrected chi connectivity index (χ0v) is 12.2. The molecule has 2 aromatic rings. The highest BCUT2D eigenvalue weighted by Gasteiger charge is 2.02. The lowest BCUT2D eigenvalue weighted by molar-refractivity contribution is 0.505. The maximum absolute atomic E-state index is 10.1. The van der Waals surface area contributed by atoms with Crippen LogP contribution in [0.5, 0.6) is 0 Å². The van der Waals surface area contributed by atoms with Gasteiger partial charge in [-0.2, -0.15) is 0 Å². The Balaban J connectivity index is 1.94. The Morgan fingerprint density at radius 3 is 2.70 bits per heavy atom. The number of allylic oxidation sites excluding steroid dienone is 1. The second-order valence-electron chi connectivity index (χ2n) is 5.18. The van der Waals surface area contributed by atoms with Crippen molar-refractivity contribution in [1.29, 1.82) is 0 Å². The van der Waals surface area contributed by atoms with Crippen molar-refractivity contribution in [3.63, 3.8) is 0 Å². The molecule has 0 unspecified atom stereocenters. The second-order valence-corrected chi connectivity index (χ2v) is 5.18. The first-order valence-electron chi connectivity index (χ1n) is 7.56. The quantitative estimate of drug-likeness (QED) is 0.532. The topological polar surface area (TPSA) is 33.1 Å². The number of aromatic nitrogens is 1. The first-order chi connectivity index (χ1) is 9.81. The number of aliphatic hydroxyl groups excluding tert-OH is 1. The molecule has 0 atom stereocenters. The molecule has 0 aliphatic carbocycles. The summed E-state index contributed by atoms with van der Waals surface area (Å²) in [4.78, 5) is 4.49. The van der Waals surface area contributed by atoms with Crippen molar-refractivity contribution in [2.75, 3.05) is 0 Å². The number of pyridine rings is 1. The van der Waals surface area contributed by atoms with E-state index in [9.17, 15) is 5.11 Å². The zero-order valence-electron chi connectivity index (χ0n) is 12.2. The number of fused-ring (bicyclic) bond motifs is 1. The minimum Gasteiger partial charge on any atom is -0.506 e. The molecule has 0 aliphatic rings. The van der Waals surface area contributed by atoms with Crippen LogP contribution in [0.1, 0.15) is 51.1 Å². The number of aliphatic hydroxyl groups is 1. The molecule has 1 aromatic carbocycles. The van der Waals surface area contributed by atoms with Crippen molar-refractivity contribution in [1.82, 2.24) is 4.98 Å². The van der Waals surface area contributed by atoms with E-state index in [1.165, 1.54) is 25.7 Å². The monoisotopic (exact) mass is 269 g/mol. The molecule has 2 heteroatoms. The highest BCUT2D eigenvalue weighted by molar-refractivity contribution is 5.80. The van der Waals surface area contributed by atoms with Gasteiger partial charge in [-0.15, -0.1) is 0 Å². The first kappa shape index (κ1) is 14.6. The summed E-state index contributed by atoms with van der Waals surface area (Å²) in [5.74, 6) is 0.297. The van der Waals surface area contributed by atoms with Gasteiger partial charge >= 0.3 is 0 Å². The van der Waals surface area contributed by atoms with Gasteiger partial charge in [0.15, 0.2) is 0 Å². The second kappa shape index (κ2) is 7.68. The van der Waals surface area contributed by atoms with E-state index in [1.54, 1.807) is 0 Å². The summed E-state index contributed by atoms with van der Waals surface area (Å²) in [5, 5.41) is 11.2. The van der Waals surface area contributed by atoms with Crippen molar-refractivity contribution < 1.29 is 5.11 Å². The van der Waals surface area contributed by atoms with Crippen LogP contribution in [0.4, 0.5) is 0 Å². The highest BCUT2D eigenvalue weighted by atomic mass is 16.3. The summed E-state index contributed by atoms with van der Waals surface area (Å²) in [6, 6.07) is 11.8. The Labute approximate surface area is 121 Å². The third-order valence-electron chi connectivity index (χ3n) is 3.51. The summed E-state index contributed by atoms with van der Waals surface area (Å²) < 4.78 is 0. The lowest BCUT2D eigenvalue weighted by Gasteiger charge is -2.03. The number of para-hydroxylation sites is 1. The van der Waals surface area contributed by atoms with Gasteiger partial charge in [0.05, 0.1) is 5.52 Å². The number of benzene rings is 1. The molecule has 1 heterocycles. The van der Waals surface area contributed by atoms with Gasteiger partial charge in [0.2, 0.25) is 0 Å². The van der Waals surface area contributed by atoms with E-state index in [0.717, 1.165) is 23.7 Å². The molecule has 20 heavy (non-hydrogen) atoms. The standard InChI is InChI=1S/C18H23NO/c1-2-3-4-5-6-7-12-18(20)17-14-13-15-10-8-9-11-16(15)19-17/h8-14,20H,2-7H2,1H3. The van der Waals surface area contributed by atoms with Crippen LogP contribution >= 0.6 is 0 Å². The minimum atomic E-state index is 0.297. The Bertz CT molecular complexity index is 574. The Hall–Kier alpha value is -1.83. The molecular weight excluding hydrogens is 246 g/mol. The van der Waals surface area contributed by atoms with Crippen molar-refractivity contribution in [3.8, 4) is 0 Å². The number of hydrogen-bond donors (Lipinski definition) is 1. The highest BCUT2D eigenvalue weighted by Crippen LogP contribution is 2.17. The molecule has 0 aliphatic heterocycles. The molecule has 2 rings (SSSR count). The Morgan fingerprint density at radius 1 is 1.05 bits per heavy atom. The van der Waals surface area contributed by atoms with Crippen LogP contribution in [0.3, 0.4) is 0 Å². The molecule has 0 bridgehead atoms. The lowest BCUT2D eigenvalue weighted by atomic mass is 10.1. The number of nitrogens with zero attached hydrogens (tertiary/aromatic N) is 1. The lowest BCUT2D eigenvalue weighted by Crippen LogP contribution is -1.89. The smallest absolute Gasteiger partial charge is 0.137 e. The van der Waals surface area contributed by atoms with E-state index in [1.807, 2.05) is 42.5 Å². The average molecular weight is 269 g/mol. The Morgan fingerprint density at radius 2 is 1.85 bits per heavy atom. The van der Waals surface area contributed by atoms with Crippen LogP contribution in [0.25, 0.3) is 16.7 Å². The molecule has 2 nitrogen and oxygen atoms in total. The normalized spacial score (nSPS) is 11.9. The van der Waals surface area contributed by atoms with Crippen molar-refractivity contribution >= 4 is 16.7 Å². The van der Waals surface area contributed by atoms with Crippen LogP contribution < -0.4 is 0 Å². The SMILES string of the molecule is CCCCCCCC=C(O)c1ccc2ccccc2n1. The van der Waals surface area contributed by atoms with E-state index in [2.05, 4.69) is 11.9 Å². The largest absolute Gasteiger partial charge is 0.506 e. The Kier molecular flexibility index (Phi) is 5.60. The van der Waals surface area contributed by atoms with Crippen molar-refractivity contribution in [2.24, 2.45) is 0 Å². The third-order valence-corrected chi connectivity index (χ3v) is 3.51. The minimum absolute atomic E-state index is 0.297. The van der Waals surface area contributed by atoms with Crippen molar-refractivity contribution in [3.05, 3.63) is 48.2 Å². The molecule has 0 fully saturated rings. The molecule has 0 radical (unpaired) electrons. The van der Waals surface area contributed by atoms with Gasteiger partial charge in [0, 0.05) is 5.39 Å². The molecule has 0 saturated carbocycles. The van der Waals surface area contributed by atoms with Crippen LogP contribution in [-0.4, -0.2) is 10.1 Å². The van der Waals surface area contributed by atoms with E-state index in [4.69, 9.17) is 0 Å². The van der Waals surface area contributed by atoms with Crippen LogP contribution in [0.15, 0.2) is 42.5 Å². The molecule has 0 amide bonds. The van der Waals surface area contributed by atoms with Crippen LogP contribution in [-0.2, 0) is 0 Å². The fraction of sp³-hybridized carbons (Fsp3) is 0.389. The van der Waals surface area contributed by atoms with Gasteiger partial charge in [0.1, 0.15) is 11.5 Å². The van der Waals surface area contributed by atoms with Gasteiger partial charge in [-0.3, -0.25) is 0 Å². The predicted octanol–water partition coefficient (Wildman–Crippen LogP) is 5.49. The fourth-order valence-corrected chi connectivity index (χ4v) is 2.30. The van der Waals surface area contributed by atoms with E-state index < -0.39 is 0 Å². The van der Waals surface area contributed by atoms with Crippen LogP contribution in [0.2, 0.25) is 0 Å². The summed E-state index contributed by atoms with van der Waals surface area (Å²) in [5.41, 5.74) is 1.59. The summed E-state index contributed by atoms with van der Waals surface area (Å²) >= 11 is 0. The molecule has 106 valence electrons. The van der Waals surface area contributed by atoms with Gasteiger partial charge in [0.25, 0.3) is 0 Å². The first-order valence-corrected chi connectivity index (χ1v) is 7.56. The van der Waals surface area contributed by atoms with Gasteiger partial charge in [-0.05, 0) is 31.1 Å². The van der Waals surface area contributed by atoms with Gasteiger partial charge < -0.3 is 5.11 Å². The summed E-state index contributed by atoms with van der Waals surface area (Å²) in [7, 11) is 0. The zero-order chi connectivity index (χ0) is 14.2. The number of hydrogen-bond acceptors (Lipinski definition) is 2. The molecule has 0 spiro atoms. The maximum atomic E-state index is 10.1. The third kappa shape index (κ3) is 4.09.